The third-order valence-electron chi connectivity index (χ3n) is 8.40. The largest absolute Gasteiger partial charge is 0.508 e. The minimum Gasteiger partial charge on any atom is -0.508 e. The quantitative estimate of drug-likeness (QED) is 0.279. The van der Waals surface area contributed by atoms with Crippen molar-refractivity contribution in [1.82, 2.24) is 9.97 Å². The second-order valence-electron chi connectivity index (χ2n) is 10.8. The van der Waals surface area contributed by atoms with Gasteiger partial charge in [-0.2, -0.15) is 0 Å². The minimum absolute atomic E-state index is 0.0997. The number of ether oxygens (including phenoxy) is 2. The fourth-order valence-electron chi connectivity index (χ4n) is 6.77. The molecule has 7 heteroatoms. The van der Waals surface area contributed by atoms with Gasteiger partial charge < -0.3 is 24.7 Å². The summed E-state index contributed by atoms with van der Waals surface area (Å²) < 4.78 is 12.4. The van der Waals surface area contributed by atoms with Gasteiger partial charge in [0.25, 0.3) is 5.56 Å². The number of aromatic hydroxyl groups is 1. The standard InChI is InChI=1S/C34H28N2O5/c1-19-17-20(2)28-26(18-19)41-34(23-11-15-25(40-3)16-12-23)29(21-7-5-4-6-8-21)27-30(33(28,34)39)35-31(36-32(27)38)22-9-13-24(37)14-10-22/h4-18,29,37,39H,1-3H3,(H,35,36,38)/t29-,33+,34+/m1/s1. The predicted octanol–water partition coefficient (Wildman–Crippen LogP) is 5.44. The summed E-state index contributed by atoms with van der Waals surface area (Å²) >= 11 is 0. The Hall–Kier alpha value is -4.88. The molecule has 1 aromatic heterocycles. The van der Waals surface area contributed by atoms with Crippen molar-refractivity contribution in [3.63, 3.8) is 0 Å². The average Bonchev–Trinajstić information content (AvgIpc) is 3.36. The maximum Gasteiger partial charge on any atom is 0.255 e. The molecule has 0 unspecified atom stereocenters. The molecule has 0 amide bonds. The van der Waals surface area contributed by atoms with Gasteiger partial charge in [-0.1, -0.05) is 48.5 Å². The maximum absolute atomic E-state index is 14.1. The number of phenolic OH excluding ortho intramolecular Hbond substituents is 1. The van der Waals surface area contributed by atoms with Crippen molar-refractivity contribution in [2.45, 2.75) is 31.0 Å². The molecule has 4 aromatic carbocycles. The molecule has 5 aromatic rings. The summed E-state index contributed by atoms with van der Waals surface area (Å²) in [4.78, 5) is 22.1. The number of H-pyrrole nitrogens is 1. The molecule has 3 N–H and O–H groups in total. The molecule has 7 rings (SSSR count). The lowest BCUT2D eigenvalue weighted by molar-refractivity contribution is -0.0906. The summed E-state index contributed by atoms with van der Waals surface area (Å²) in [5.41, 5.74) is 1.50. The van der Waals surface area contributed by atoms with Crippen molar-refractivity contribution in [2.24, 2.45) is 0 Å². The summed E-state index contributed by atoms with van der Waals surface area (Å²) in [5, 5.41) is 23.1. The first-order valence-electron chi connectivity index (χ1n) is 13.4. The molecule has 1 aliphatic carbocycles. The van der Waals surface area contributed by atoms with Gasteiger partial charge in [0.2, 0.25) is 0 Å². The highest BCUT2D eigenvalue weighted by Gasteiger charge is 2.73. The zero-order valence-corrected chi connectivity index (χ0v) is 22.8. The molecular formula is C34H28N2O5. The van der Waals surface area contributed by atoms with Gasteiger partial charge in [-0.15, -0.1) is 0 Å². The fourth-order valence-corrected chi connectivity index (χ4v) is 6.77. The van der Waals surface area contributed by atoms with Crippen LogP contribution in [0.2, 0.25) is 0 Å². The van der Waals surface area contributed by atoms with Crippen LogP contribution in [-0.4, -0.2) is 27.3 Å². The minimum atomic E-state index is -1.82. The highest BCUT2D eigenvalue weighted by molar-refractivity contribution is 5.68. The number of aryl methyl sites for hydroxylation is 2. The van der Waals surface area contributed by atoms with E-state index in [0.29, 0.717) is 33.8 Å². The van der Waals surface area contributed by atoms with E-state index in [-0.39, 0.29) is 22.8 Å². The summed E-state index contributed by atoms with van der Waals surface area (Å²) in [5.74, 6) is 0.906. The highest BCUT2D eigenvalue weighted by Crippen LogP contribution is 2.68. The number of nitrogens with zero attached hydrogens (tertiary/aromatic N) is 1. The van der Waals surface area contributed by atoms with E-state index < -0.39 is 17.1 Å². The van der Waals surface area contributed by atoms with Gasteiger partial charge in [0.1, 0.15) is 23.1 Å². The Bertz CT molecular complexity index is 1870. The van der Waals surface area contributed by atoms with Crippen LogP contribution in [0.25, 0.3) is 11.4 Å². The van der Waals surface area contributed by atoms with E-state index in [1.165, 1.54) is 12.1 Å². The van der Waals surface area contributed by atoms with Crippen LogP contribution >= 0.6 is 0 Å². The number of phenols is 1. The molecule has 0 spiro atoms. The fraction of sp³-hybridized carbons (Fsp3) is 0.176. The number of aliphatic hydroxyl groups is 1. The van der Waals surface area contributed by atoms with Gasteiger partial charge in [0.15, 0.2) is 11.2 Å². The van der Waals surface area contributed by atoms with Gasteiger partial charge in [-0.05, 0) is 73.0 Å². The molecule has 0 bridgehead atoms. The van der Waals surface area contributed by atoms with Crippen molar-refractivity contribution in [1.29, 1.82) is 0 Å². The van der Waals surface area contributed by atoms with Crippen LogP contribution < -0.4 is 15.0 Å². The van der Waals surface area contributed by atoms with Gasteiger partial charge in [0, 0.05) is 16.7 Å². The molecule has 204 valence electrons. The molecule has 0 radical (unpaired) electrons. The number of hydrogen-bond donors (Lipinski definition) is 3. The number of aromatic nitrogens is 2. The molecule has 7 nitrogen and oxygen atoms in total. The Morgan fingerprint density at radius 1 is 0.951 bits per heavy atom. The first-order chi connectivity index (χ1) is 19.8. The van der Waals surface area contributed by atoms with E-state index in [1.807, 2.05) is 80.6 Å². The van der Waals surface area contributed by atoms with E-state index in [1.54, 1.807) is 19.2 Å². The zero-order chi connectivity index (χ0) is 28.5. The van der Waals surface area contributed by atoms with Crippen molar-refractivity contribution in [3.8, 4) is 28.6 Å². The van der Waals surface area contributed by atoms with Crippen molar-refractivity contribution < 1.29 is 19.7 Å². The monoisotopic (exact) mass is 544 g/mol. The molecule has 0 saturated carbocycles. The Morgan fingerprint density at radius 2 is 1.66 bits per heavy atom. The second kappa shape index (κ2) is 8.81. The predicted molar refractivity (Wildman–Crippen MR) is 154 cm³/mol. The highest BCUT2D eigenvalue weighted by atomic mass is 16.5. The van der Waals surface area contributed by atoms with Crippen LogP contribution in [0.1, 0.15) is 45.0 Å². The Morgan fingerprint density at radius 3 is 2.34 bits per heavy atom. The summed E-state index contributed by atoms with van der Waals surface area (Å²) in [7, 11) is 1.60. The lowest BCUT2D eigenvalue weighted by Crippen LogP contribution is -2.49. The van der Waals surface area contributed by atoms with E-state index in [2.05, 4.69) is 4.98 Å². The summed E-state index contributed by atoms with van der Waals surface area (Å²) in [6.07, 6.45) is 0. The van der Waals surface area contributed by atoms with Crippen molar-refractivity contribution in [3.05, 3.63) is 140 Å². The number of methoxy groups -OCH3 is 1. The van der Waals surface area contributed by atoms with E-state index >= 15 is 0 Å². The number of fused-ring (bicyclic) bond motifs is 5. The molecular weight excluding hydrogens is 516 g/mol. The zero-order valence-electron chi connectivity index (χ0n) is 22.8. The molecule has 0 fully saturated rings. The maximum atomic E-state index is 14.1. The number of nitrogens with one attached hydrogen (secondary N) is 1. The Kier molecular flexibility index (Phi) is 5.40. The van der Waals surface area contributed by atoms with Crippen LogP contribution in [0.3, 0.4) is 0 Å². The van der Waals surface area contributed by atoms with Crippen LogP contribution in [0.5, 0.6) is 17.2 Å². The molecule has 1 aliphatic heterocycles. The summed E-state index contributed by atoms with van der Waals surface area (Å²) in [6, 6.07) is 27.4. The van der Waals surface area contributed by atoms with Gasteiger partial charge in [0.05, 0.1) is 24.3 Å². The third kappa shape index (κ3) is 3.36. The van der Waals surface area contributed by atoms with E-state index in [9.17, 15) is 15.0 Å². The Balaban J connectivity index is 1.62. The number of benzene rings is 4. The number of rotatable bonds is 4. The SMILES string of the molecule is COc1ccc([C@@]23Oc4cc(C)cc(C)c4[C@]2(O)c2nc(-c4ccc(O)cc4)[nH]c(=O)c2[C@H]3c2ccccc2)cc1. The average molecular weight is 545 g/mol. The second-order valence-corrected chi connectivity index (χ2v) is 10.8. The number of hydrogen-bond acceptors (Lipinski definition) is 6. The van der Waals surface area contributed by atoms with E-state index in [4.69, 9.17) is 14.5 Å². The first kappa shape index (κ1) is 25.1. The van der Waals surface area contributed by atoms with E-state index in [0.717, 1.165) is 16.7 Å². The van der Waals surface area contributed by atoms with Gasteiger partial charge >= 0.3 is 0 Å². The number of aromatic amines is 1. The normalized spacial score (nSPS) is 22.0. The molecule has 2 aliphatic rings. The van der Waals surface area contributed by atoms with Crippen molar-refractivity contribution >= 4 is 0 Å². The third-order valence-corrected chi connectivity index (χ3v) is 8.40. The lowest BCUT2D eigenvalue weighted by atomic mass is 9.69. The first-order valence-corrected chi connectivity index (χ1v) is 13.4. The van der Waals surface area contributed by atoms with Crippen LogP contribution in [0, 0.1) is 13.8 Å². The van der Waals surface area contributed by atoms with Gasteiger partial charge in [-0.25, -0.2) is 4.98 Å². The van der Waals surface area contributed by atoms with Crippen LogP contribution in [0.15, 0.2) is 95.8 Å². The van der Waals surface area contributed by atoms with Crippen molar-refractivity contribution in [2.75, 3.05) is 7.11 Å². The molecule has 3 atom stereocenters. The van der Waals surface area contributed by atoms with Gasteiger partial charge in [-0.3, -0.25) is 4.79 Å². The molecule has 41 heavy (non-hydrogen) atoms. The Labute approximate surface area is 236 Å². The molecule has 2 heterocycles. The smallest absolute Gasteiger partial charge is 0.255 e. The summed E-state index contributed by atoms with van der Waals surface area (Å²) in [6.45, 7) is 3.93. The molecule has 0 saturated heterocycles. The van der Waals surface area contributed by atoms with Crippen LogP contribution in [0.4, 0.5) is 0 Å². The topological polar surface area (TPSA) is 105 Å². The van der Waals surface area contributed by atoms with Crippen LogP contribution in [-0.2, 0) is 11.2 Å². The lowest BCUT2D eigenvalue weighted by Gasteiger charge is -2.40.